The molecule has 0 aliphatic rings. The molecule has 0 saturated heterocycles. The van der Waals surface area contributed by atoms with Gasteiger partial charge in [0.05, 0.1) is 0 Å². The molecular formula is C11H16BrNOSi. The predicted octanol–water partition coefficient (Wildman–Crippen LogP) is 1.88. The monoisotopic (exact) mass is 285 g/mol. The molecule has 1 aromatic carbocycles. The zero-order valence-electron chi connectivity index (χ0n) is 9.33. The van der Waals surface area contributed by atoms with Crippen LogP contribution >= 0.6 is 15.3 Å². The van der Waals surface area contributed by atoms with E-state index in [0.29, 0.717) is 0 Å². The van der Waals surface area contributed by atoms with Gasteiger partial charge in [-0.1, -0.05) is 36.9 Å². The summed E-state index contributed by atoms with van der Waals surface area (Å²) in [5.74, 6) is 0.115. The van der Waals surface area contributed by atoms with E-state index in [1.165, 1.54) is 5.19 Å². The fourth-order valence-electron chi connectivity index (χ4n) is 1.43. The highest BCUT2D eigenvalue weighted by molar-refractivity contribution is 9.26. The van der Waals surface area contributed by atoms with E-state index in [9.17, 15) is 4.79 Å². The van der Waals surface area contributed by atoms with Crippen molar-refractivity contribution < 1.29 is 4.79 Å². The van der Waals surface area contributed by atoms with Crippen molar-refractivity contribution in [2.45, 2.75) is 13.5 Å². The summed E-state index contributed by atoms with van der Waals surface area (Å²) in [4.78, 5) is 13.0. The maximum atomic E-state index is 11.2. The summed E-state index contributed by atoms with van der Waals surface area (Å²) in [6, 6.07) is 10.3. The van der Waals surface area contributed by atoms with Gasteiger partial charge < -0.3 is 4.90 Å². The fraction of sp³-hybridized carbons (Fsp3) is 0.364. The van der Waals surface area contributed by atoms with Crippen molar-refractivity contribution in [2.24, 2.45) is 0 Å². The molecule has 0 bridgehead atoms. The second kappa shape index (κ2) is 4.94. The maximum Gasteiger partial charge on any atom is 0.218 e. The number of halogens is 1. The molecule has 1 rings (SSSR count). The Morgan fingerprint density at radius 3 is 2.40 bits per heavy atom. The predicted molar refractivity (Wildman–Crippen MR) is 69.9 cm³/mol. The highest BCUT2D eigenvalue weighted by Crippen LogP contribution is 2.13. The largest absolute Gasteiger partial charge is 0.348 e. The van der Waals surface area contributed by atoms with Crippen LogP contribution in [0.4, 0.5) is 0 Å². The van der Waals surface area contributed by atoms with Gasteiger partial charge in [-0.05, 0) is 5.19 Å². The first-order valence-corrected chi connectivity index (χ1v) is 9.86. The molecule has 1 atom stereocenters. The minimum atomic E-state index is -1.69. The molecule has 0 heterocycles. The highest BCUT2D eigenvalue weighted by atomic mass is 79.9. The van der Waals surface area contributed by atoms with Crippen LogP contribution in [0.1, 0.15) is 6.92 Å². The number of rotatable bonds is 3. The van der Waals surface area contributed by atoms with Gasteiger partial charge in [-0.25, -0.2) is 0 Å². The molecule has 15 heavy (non-hydrogen) atoms. The van der Waals surface area contributed by atoms with E-state index in [1.54, 1.807) is 11.8 Å². The molecule has 0 fully saturated rings. The van der Waals surface area contributed by atoms with Crippen LogP contribution in [0.2, 0.25) is 6.55 Å². The third-order valence-corrected chi connectivity index (χ3v) is 7.18. The van der Waals surface area contributed by atoms with Gasteiger partial charge in [0.1, 0.15) is 0 Å². The van der Waals surface area contributed by atoms with E-state index in [2.05, 4.69) is 34.0 Å². The molecule has 0 saturated carbocycles. The Morgan fingerprint density at radius 1 is 1.40 bits per heavy atom. The lowest BCUT2D eigenvalue weighted by Crippen LogP contribution is -2.49. The number of hydrogen-bond donors (Lipinski definition) is 0. The molecule has 4 heteroatoms. The second-order valence-electron chi connectivity index (χ2n) is 3.94. The first kappa shape index (κ1) is 12.5. The number of benzene rings is 1. The van der Waals surface area contributed by atoms with Crippen LogP contribution in [0.3, 0.4) is 0 Å². The smallest absolute Gasteiger partial charge is 0.218 e. The van der Waals surface area contributed by atoms with Gasteiger partial charge in [-0.3, -0.25) is 4.79 Å². The van der Waals surface area contributed by atoms with E-state index >= 15 is 0 Å². The van der Waals surface area contributed by atoms with Gasteiger partial charge in [0.15, 0.2) is 6.69 Å². The van der Waals surface area contributed by atoms with Crippen molar-refractivity contribution in [1.29, 1.82) is 0 Å². The molecule has 82 valence electrons. The number of hydrogen-bond acceptors (Lipinski definition) is 1. The summed E-state index contributed by atoms with van der Waals surface area (Å²) in [5, 5.41) is 1.32. The number of amides is 1. The molecule has 0 radical (unpaired) electrons. The molecule has 1 aromatic rings. The third-order valence-electron chi connectivity index (χ3n) is 2.45. The standard InChI is InChI=1S/C11H16BrNOSi/c1-10(14)13(2)9-15(3,12)11-7-5-4-6-8-11/h4-8H,9H2,1-3H3. The summed E-state index contributed by atoms with van der Waals surface area (Å²) < 4.78 is 0. The van der Waals surface area contributed by atoms with Crippen LogP contribution in [0, 0.1) is 0 Å². The Balaban J connectivity index is 2.80. The van der Waals surface area contributed by atoms with Crippen molar-refractivity contribution in [3.63, 3.8) is 0 Å². The molecular weight excluding hydrogens is 270 g/mol. The lowest BCUT2D eigenvalue weighted by atomic mass is 10.4. The molecule has 1 amide bonds. The SMILES string of the molecule is CC(=O)N(C)C[Si](C)(Br)c1ccccc1. The minimum Gasteiger partial charge on any atom is -0.348 e. The van der Waals surface area contributed by atoms with Gasteiger partial charge in [-0.2, -0.15) is 0 Å². The first-order valence-electron chi connectivity index (χ1n) is 4.89. The van der Waals surface area contributed by atoms with Crippen LogP contribution in [0.25, 0.3) is 0 Å². The number of nitrogens with zero attached hydrogens (tertiary/aromatic N) is 1. The van der Waals surface area contributed by atoms with E-state index in [0.717, 1.165) is 6.17 Å². The lowest BCUT2D eigenvalue weighted by molar-refractivity contribution is -0.126. The Labute approximate surface area is 99.9 Å². The Hall–Kier alpha value is -0.613. The lowest BCUT2D eigenvalue weighted by Gasteiger charge is -2.26. The van der Waals surface area contributed by atoms with E-state index < -0.39 is 6.69 Å². The summed E-state index contributed by atoms with van der Waals surface area (Å²) in [6.45, 7) is 2.12. The van der Waals surface area contributed by atoms with Crippen molar-refractivity contribution >= 4 is 33.1 Å². The van der Waals surface area contributed by atoms with Crippen LogP contribution < -0.4 is 5.19 Å². The fourth-order valence-corrected chi connectivity index (χ4v) is 5.54. The molecule has 2 nitrogen and oxygen atoms in total. The zero-order valence-corrected chi connectivity index (χ0v) is 11.9. The summed E-state index contributed by atoms with van der Waals surface area (Å²) in [7, 11) is 1.85. The average molecular weight is 286 g/mol. The van der Waals surface area contributed by atoms with Crippen LogP contribution in [-0.2, 0) is 4.79 Å². The van der Waals surface area contributed by atoms with E-state index in [4.69, 9.17) is 0 Å². The van der Waals surface area contributed by atoms with Gasteiger partial charge in [0, 0.05) is 20.1 Å². The second-order valence-corrected chi connectivity index (χ2v) is 12.5. The Bertz CT molecular complexity index is 340. The number of carbonyl (C=O) groups is 1. The van der Waals surface area contributed by atoms with Gasteiger partial charge in [-0.15, -0.1) is 15.3 Å². The van der Waals surface area contributed by atoms with Gasteiger partial charge in [0.2, 0.25) is 5.91 Å². The molecule has 0 spiro atoms. The third kappa shape index (κ3) is 3.46. The Kier molecular flexibility index (Phi) is 4.10. The average Bonchev–Trinajstić information content (AvgIpc) is 2.18. The van der Waals surface area contributed by atoms with E-state index in [-0.39, 0.29) is 5.91 Å². The molecule has 0 aliphatic heterocycles. The van der Waals surface area contributed by atoms with Crippen LogP contribution in [-0.4, -0.2) is 30.7 Å². The Morgan fingerprint density at radius 2 is 1.93 bits per heavy atom. The molecule has 0 aromatic heterocycles. The minimum absolute atomic E-state index is 0.115. The van der Waals surface area contributed by atoms with E-state index in [1.807, 2.05) is 25.2 Å². The summed E-state index contributed by atoms with van der Waals surface area (Å²) >= 11 is 3.80. The summed E-state index contributed by atoms with van der Waals surface area (Å²) in [6.07, 6.45) is 0.798. The molecule has 0 N–H and O–H groups in total. The first-order chi connectivity index (χ1) is 6.93. The molecule has 1 unspecified atom stereocenters. The van der Waals surface area contributed by atoms with Crippen molar-refractivity contribution in [2.75, 3.05) is 13.2 Å². The quantitative estimate of drug-likeness (QED) is 0.614. The normalized spacial score (nSPS) is 14.4. The summed E-state index contributed by atoms with van der Waals surface area (Å²) in [5.41, 5.74) is 0. The maximum absolute atomic E-state index is 11.2. The van der Waals surface area contributed by atoms with Crippen molar-refractivity contribution in [1.82, 2.24) is 4.90 Å². The van der Waals surface area contributed by atoms with Crippen LogP contribution in [0.15, 0.2) is 30.3 Å². The van der Waals surface area contributed by atoms with Crippen LogP contribution in [0.5, 0.6) is 0 Å². The van der Waals surface area contributed by atoms with Crippen molar-refractivity contribution in [3.05, 3.63) is 30.3 Å². The number of carbonyl (C=O) groups excluding carboxylic acids is 1. The van der Waals surface area contributed by atoms with Gasteiger partial charge in [0.25, 0.3) is 0 Å². The van der Waals surface area contributed by atoms with Crippen molar-refractivity contribution in [3.8, 4) is 0 Å². The van der Waals surface area contributed by atoms with Gasteiger partial charge >= 0.3 is 0 Å². The molecule has 0 aliphatic carbocycles. The topological polar surface area (TPSA) is 20.3 Å². The highest BCUT2D eigenvalue weighted by Gasteiger charge is 2.28. The zero-order chi connectivity index (χ0) is 11.5.